The molecule has 1 saturated heterocycles. The van der Waals surface area contributed by atoms with Crippen molar-refractivity contribution in [3.63, 3.8) is 0 Å². The molecule has 18 heavy (non-hydrogen) atoms. The number of nitrogens with one attached hydrogen (secondary N) is 1. The molecule has 1 fully saturated rings. The van der Waals surface area contributed by atoms with Crippen LogP contribution in [0.25, 0.3) is 0 Å². The maximum atomic E-state index is 13.7. The Morgan fingerprint density at radius 3 is 2.94 bits per heavy atom. The van der Waals surface area contributed by atoms with Gasteiger partial charge in [-0.25, -0.2) is 14.2 Å². The van der Waals surface area contributed by atoms with Crippen LogP contribution in [0.4, 0.5) is 4.39 Å². The fraction of sp³-hybridized carbons (Fsp3) is 0.333. The number of hydrogen-bond acceptors (Lipinski definition) is 4. The minimum absolute atomic E-state index is 0.0685. The van der Waals surface area contributed by atoms with Crippen molar-refractivity contribution in [3.05, 3.63) is 35.6 Å². The first-order valence-electron chi connectivity index (χ1n) is 5.77. The Hall–Kier alpha value is -1.95. The van der Waals surface area contributed by atoms with Gasteiger partial charge < -0.3 is 5.11 Å². The van der Waals surface area contributed by atoms with E-state index in [1.165, 1.54) is 6.07 Å². The van der Waals surface area contributed by atoms with Crippen LogP contribution in [0.5, 0.6) is 0 Å². The molecule has 0 aliphatic carbocycles. The van der Waals surface area contributed by atoms with Crippen LogP contribution in [0.3, 0.4) is 0 Å². The number of aliphatic carboxylic acids is 1. The minimum Gasteiger partial charge on any atom is -0.475 e. The van der Waals surface area contributed by atoms with Crippen molar-refractivity contribution in [2.45, 2.75) is 25.0 Å². The summed E-state index contributed by atoms with van der Waals surface area (Å²) in [4.78, 5) is 14.9. The van der Waals surface area contributed by atoms with Crippen LogP contribution in [0.1, 0.15) is 24.4 Å². The predicted octanol–water partition coefficient (Wildman–Crippen LogP) is 1.29. The maximum Gasteiger partial charge on any atom is 0.372 e. The van der Waals surface area contributed by atoms with Gasteiger partial charge in [0.1, 0.15) is 12.0 Å². The van der Waals surface area contributed by atoms with E-state index in [1.54, 1.807) is 23.2 Å². The first-order chi connectivity index (χ1) is 8.66. The summed E-state index contributed by atoms with van der Waals surface area (Å²) in [7, 11) is 0. The number of hydrazine groups is 1. The Labute approximate surface area is 103 Å². The first kappa shape index (κ1) is 11.2. The van der Waals surface area contributed by atoms with E-state index >= 15 is 0 Å². The Morgan fingerprint density at radius 2 is 2.22 bits per heavy atom. The third kappa shape index (κ3) is 1.65. The number of fused-ring (bicyclic) bond motifs is 1. The van der Waals surface area contributed by atoms with E-state index in [4.69, 9.17) is 5.11 Å². The molecule has 2 N–H and O–H groups in total. The van der Waals surface area contributed by atoms with E-state index in [0.29, 0.717) is 5.56 Å². The highest BCUT2D eigenvalue weighted by Crippen LogP contribution is 2.37. The quantitative estimate of drug-likeness (QED) is 0.829. The van der Waals surface area contributed by atoms with Crippen LogP contribution in [-0.2, 0) is 4.79 Å². The topological polar surface area (TPSA) is 64.9 Å². The van der Waals surface area contributed by atoms with E-state index in [9.17, 15) is 9.18 Å². The van der Waals surface area contributed by atoms with Gasteiger partial charge in [-0.05, 0) is 18.9 Å². The summed E-state index contributed by atoms with van der Waals surface area (Å²) < 4.78 is 13.7. The van der Waals surface area contributed by atoms with Crippen LogP contribution in [-0.4, -0.2) is 28.1 Å². The molecule has 2 atom stereocenters. The second-order valence-electron chi connectivity index (χ2n) is 4.40. The summed E-state index contributed by atoms with van der Waals surface area (Å²) in [6.07, 6.45) is 1.28. The second kappa shape index (κ2) is 4.06. The van der Waals surface area contributed by atoms with Gasteiger partial charge in [-0.3, -0.25) is 5.43 Å². The van der Waals surface area contributed by atoms with E-state index in [2.05, 4.69) is 10.4 Å². The number of halogens is 1. The molecule has 2 unspecified atom stereocenters. The maximum absolute atomic E-state index is 13.7. The zero-order chi connectivity index (χ0) is 12.7. The van der Waals surface area contributed by atoms with E-state index in [1.807, 2.05) is 0 Å². The zero-order valence-corrected chi connectivity index (χ0v) is 9.51. The Morgan fingerprint density at radius 1 is 1.44 bits per heavy atom. The molecular formula is C12H12FN3O2. The molecule has 2 aliphatic rings. The number of carbonyl (C=O) groups is 1. The third-order valence-electron chi connectivity index (χ3n) is 3.34. The van der Waals surface area contributed by atoms with Crippen molar-refractivity contribution in [2.75, 3.05) is 0 Å². The van der Waals surface area contributed by atoms with Crippen molar-refractivity contribution in [3.8, 4) is 0 Å². The fourth-order valence-electron chi connectivity index (χ4n) is 2.53. The highest BCUT2D eigenvalue weighted by atomic mass is 19.1. The number of amidine groups is 1. The first-order valence-corrected chi connectivity index (χ1v) is 5.77. The molecule has 94 valence electrons. The minimum atomic E-state index is -1.09. The molecule has 6 heteroatoms. The monoisotopic (exact) mass is 249 g/mol. The molecule has 0 spiro atoms. The molecule has 0 radical (unpaired) electrons. The van der Waals surface area contributed by atoms with Gasteiger partial charge in [0.25, 0.3) is 0 Å². The van der Waals surface area contributed by atoms with Gasteiger partial charge in [-0.15, -0.1) is 0 Å². The van der Waals surface area contributed by atoms with Gasteiger partial charge >= 0.3 is 5.97 Å². The van der Waals surface area contributed by atoms with Crippen molar-refractivity contribution in [1.82, 2.24) is 10.4 Å². The molecule has 3 rings (SSSR count). The van der Waals surface area contributed by atoms with Gasteiger partial charge in [0.15, 0.2) is 0 Å². The average molecular weight is 249 g/mol. The summed E-state index contributed by atoms with van der Waals surface area (Å²) in [6.45, 7) is 0. The molecule has 5 nitrogen and oxygen atoms in total. The standard InChI is InChI=1S/C12H12FN3O2/c13-8-4-2-1-3-7(8)9-5-6-10-14-11(12(17)18)15-16(9)10/h1-4,9-10H,5-6H2,(H,14,15)(H,17,18). The summed E-state index contributed by atoms with van der Waals surface area (Å²) in [5.74, 6) is -1.42. The summed E-state index contributed by atoms with van der Waals surface area (Å²) in [5, 5.41) is 10.6. The molecule has 0 aromatic heterocycles. The molecule has 0 amide bonds. The summed E-state index contributed by atoms with van der Waals surface area (Å²) in [5.41, 5.74) is 3.32. The molecule has 1 aromatic carbocycles. The third-order valence-corrected chi connectivity index (χ3v) is 3.34. The predicted molar refractivity (Wildman–Crippen MR) is 62.2 cm³/mol. The Bertz CT molecular complexity index is 532. The lowest BCUT2D eigenvalue weighted by Crippen LogP contribution is -2.41. The number of rotatable bonds is 2. The number of carboxylic acids is 1. The SMILES string of the molecule is O=C(O)C1=NC2CCC(c3ccccc3F)N2N1. The van der Waals surface area contributed by atoms with Crippen molar-refractivity contribution in [2.24, 2.45) is 4.99 Å². The van der Waals surface area contributed by atoms with Crippen LogP contribution >= 0.6 is 0 Å². The number of nitrogens with zero attached hydrogens (tertiary/aromatic N) is 2. The lowest BCUT2D eigenvalue weighted by molar-refractivity contribution is -0.129. The Kier molecular flexibility index (Phi) is 2.52. The van der Waals surface area contributed by atoms with Crippen LogP contribution < -0.4 is 5.43 Å². The van der Waals surface area contributed by atoms with Crippen molar-refractivity contribution >= 4 is 11.8 Å². The normalized spacial score (nSPS) is 26.6. The van der Waals surface area contributed by atoms with E-state index in [-0.39, 0.29) is 23.9 Å². The van der Waals surface area contributed by atoms with Gasteiger partial charge in [0, 0.05) is 5.56 Å². The van der Waals surface area contributed by atoms with Crippen LogP contribution in [0.2, 0.25) is 0 Å². The van der Waals surface area contributed by atoms with Gasteiger partial charge in [0.05, 0.1) is 6.04 Å². The molecule has 2 heterocycles. The van der Waals surface area contributed by atoms with Gasteiger partial charge in [-0.1, -0.05) is 18.2 Å². The molecule has 0 bridgehead atoms. The lowest BCUT2D eigenvalue weighted by Gasteiger charge is -2.23. The van der Waals surface area contributed by atoms with Crippen LogP contribution in [0, 0.1) is 5.82 Å². The summed E-state index contributed by atoms with van der Waals surface area (Å²) in [6, 6.07) is 6.39. The largest absolute Gasteiger partial charge is 0.475 e. The van der Waals surface area contributed by atoms with E-state index in [0.717, 1.165) is 12.8 Å². The highest BCUT2D eigenvalue weighted by Gasteiger charge is 2.41. The average Bonchev–Trinajstić information content (AvgIpc) is 2.89. The number of benzene rings is 1. The van der Waals surface area contributed by atoms with Crippen molar-refractivity contribution < 1.29 is 14.3 Å². The van der Waals surface area contributed by atoms with Crippen molar-refractivity contribution in [1.29, 1.82) is 0 Å². The van der Waals surface area contributed by atoms with Gasteiger partial charge in [-0.2, -0.15) is 5.01 Å². The Balaban J connectivity index is 1.87. The molecule has 0 saturated carbocycles. The number of carboxylic acid groups (broad SMARTS) is 1. The molecule has 1 aromatic rings. The highest BCUT2D eigenvalue weighted by molar-refractivity contribution is 6.34. The summed E-state index contributed by atoms with van der Waals surface area (Å²) >= 11 is 0. The fourth-order valence-corrected chi connectivity index (χ4v) is 2.53. The van der Waals surface area contributed by atoms with E-state index < -0.39 is 5.97 Å². The molecule has 2 aliphatic heterocycles. The lowest BCUT2D eigenvalue weighted by atomic mass is 10.0. The smallest absolute Gasteiger partial charge is 0.372 e. The molecular weight excluding hydrogens is 237 g/mol. The van der Waals surface area contributed by atoms with Crippen LogP contribution in [0.15, 0.2) is 29.3 Å². The second-order valence-corrected chi connectivity index (χ2v) is 4.40. The number of aliphatic imine (C=N–C) groups is 1. The zero-order valence-electron chi connectivity index (χ0n) is 9.51. The van der Waals surface area contributed by atoms with Gasteiger partial charge in [0.2, 0.25) is 5.84 Å². The number of hydrogen-bond donors (Lipinski definition) is 2.